The average molecular weight is 179 g/mol. The summed E-state index contributed by atoms with van der Waals surface area (Å²) in [6.07, 6.45) is 4.46. The van der Waals surface area contributed by atoms with Crippen LogP contribution in [0.1, 0.15) is 30.6 Å². The first-order chi connectivity index (χ1) is 6.24. The highest BCUT2D eigenvalue weighted by Gasteiger charge is 2.28. The summed E-state index contributed by atoms with van der Waals surface area (Å²) in [4.78, 5) is 0. The molecule has 13 heavy (non-hydrogen) atoms. The number of nitrogens with zero attached hydrogens (tertiary/aromatic N) is 2. The molecule has 1 N–H and O–H groups in total. The summed E-state index contributed by atoms with van der Waals surface area (Å²) >= 11 is 0. The van der Waals surface area contributed by atoms with E-state index in [0.29, 0.717) is 12.0 Å². The van der Waals surface area contributed by atoms with Crippen molar-refractivity contribution in [1.29, 1.82) is 0 Å². The molecule has 1 aromatic heterocycles. The smallest absolute Gasteiger partial charge is 0.0584 e. The highest BCUT2D eigenvalue weighted by atomic mass is 15.3. The van der Waals surface area contributed by atoms with E-state index in [1.807, 2.05) is 25.0 Å². The fourth-order valence-electron chi connectivity index (χ4n) is 2.33. The zero-order valence-electron chi connectivity index (χ0n) is 8.54. The monoisotopic (exact) mass is 179 g/mol. The Morgan fingerprint density at radius 1 is 1.62 bits per heavy atom. The molecule has 72 valence electrons. The van der Waals surface area contributed by atoms with E-state index in [-0.39, 0.29) is 0 Å². The average Bonchev–Trinajstić information content (AvgIpc) is 2.49. The van der Waals surface area contributed by atoms with E-state index in [2.05, 4.69) is 17.3 Å². The molecular weight excluding hydrogens is 162 g/mol. The molecule has 0 saturated carbocycles. The Balaban J connectivity index is 2.42. The third kappa shape index (κ3) is 1.27. The molecule has 3 nitrogen and oxygen atoms in total. The van der Waals surface area contributed by atoms with E-state index in [9.17, 15) is 0 Å². The van der Waals surface area contributed by atoms with E-state index >= 15 is 0 Å². The molecule has 0 spiro atoms. The van der Waals surface area contributed by atoms with Crippen LogP contribution < -0.4 is 5.32 Å². The maximum atomic E-state index is 4.31. The molecule has 1 aromatic rings. The van der Waals surface area contributed by atoms with E-state index in [0.717, 1.165) is 0 Å². The molecule has 0 fully saturated rings. The topological polar surface area (TPSA) is 29.9 Å². The Kier molecular flexibility index (Phi) is 2.12. The van der Waals surface area contributed by atoms with Crippen molar-refractivity contribution in [2.75, 3.05) is 7.05 Å². The van der Waals surface area contributed by atoms with Crippen molar-refractivity contribution < 1.29 is 0 Å². The molecule has 3 heteroatoms. The maximum absolute atomic E-state index is 4.31. The van der Waals surface area contributed by atoms with Gasteiger partial charge in [0.15, 0.2) is 0 Å². The van der Waals surface area contributed by atoms with Gasteiger partial charge in [-0.1, -0.05) is 6.92 Å². The van der Waals surface area contributed by atoms with Crippen LogP contribution in [0.3, 0.4) is 0 Å². The standard InChI is InChI=1S/C10H17N3/c1-7-4-5-8-6-12-13(3)10(8)9(7)11-2/h6-7,9,11H,4-5H2,1-3H3. The Morgan fingerprint density at radius 2 is 2.38 bits per heavy atom. The lowest BCUT2D eigenvalue weighted by Gasteiger charge is -2.29. The summed E-state index contributed by atoms with van der Waals surface area (Å²) in [6.45, 7) is 2.30. The Labute approximate surface area is 79.1 Å². The summed E-state index contributed by atoms with van der Waals surface area (Å²) in [5.41, 5.74) is 2.79. The number of aromatic nitrogens is 2. The lowest BCUT2D eigenvalue weighted by molar-refractivity contribution is 0.347. The molecule has 1 aliphatic rings. The lowest BCUT2D eigenvalue weighted by atomic mass is 9.85. The minimum atomic E-state index is 0.483. The molecule has 0 radical (unpaired) electrons. The SMILES string of the molecule is CNC1c2c(cnn2C)CCC1C. The first-order valence-corrected chi connectivity index (χ1v) is 4.92. The predicted octanol–water partition coefficient (Wildman–Crippen LogP) is 1.26. The molecular formula is C10H17N3. The fraction of sp³-hybridized carbons (Fsp3) is 0.700. The van der Waals surface area contributed by atoms with Crippen molar-refractivity contribution in [1.82, 2.24) is 15.1 Å². The first-order valence-electron chi connectivity index (χ1n) is 4.92. The normalized spacial score (nSPS) is 27.3. The number of nitrogens with one attached hydrogen (secondary N) is 1. The quantitative estimate of drug-likeness (QED) is 0.703. The molecule has 2 unspecified atom stereocenters. The van der Waals surface area contributed by atoms with Crippen LogP contribution in [0.5, 0.6) is 0 Å². The number of fused-ring (bicyclic) bond motifs is 1. The number of hydrogen-bond donors (Lipinski definition) is 1. The van der Waals surface area contributed by atoms with E-state index < -0.39 is 0 Å². The van der Waals surface area contributed by atoms with Gasteiger partial charge in [-0.25, -0.2) is 0 Å². The molecule has 1 heterocycles. The van der Waals surface area contributed by atoms with Crippen LogP contribution in [-0.2, 0) is 13.5 Å². The van der Waals surface area contributed by atoms with Crippen LogP contribution >= 0.6 is 0 Å². The van der Waals surface area contributed by atoms with Crippen LogP contribution in [0.2, 0.25) is 0 Å². The first kappa shape index (κ1) is 8.75. The second kappa shape index (κ2) is 3.14. The van der Waals surface area contributed by atoms with Gasteiger partial charge < -0.3 is 5.32 Å². The maximum Gasteiger partial charge on any atom is 0.0584 e. The third-order valence-electron chi connectivity index (χ3n) is 3.11. The molecule has 0 amide bonds. The molecule has 0 saturated heterocycles. The van der Waals surface area contributed by atoms with Crippen LogP contribution in [0.15, 0.2) is 6.20 Å². The van der Waals surface area contributed by atoms with Crippen molar-refractivity contribution >= 4 is 0 Å². The zero-order valence-corrected chi connectivity index (χ0v) is 8.54. The largest absolute Gasteiger partial charge is 0.311 e. The Hall–Kier alpha value is -0.830. The molecule has 0 aliphatic heterocycles. The Morgan fingerprint density at radius 3 is 3.08 bits per heavy atom. The van der Waals surface area contributed by atoms with Gasteiger partial charge >= 0.3 is 0 Å². The summed E-state index contributed by atoms with van der Waals surface area (Å²) in [5, 5.41) is 7.68. The van der Waals surface area contributed by atoms with E-state index in [1.165, 1.54) is 24.1 Å². The minimum absolute atomic E-state index is 0.483. The van der Waals surface area contributed by atoms with Gasteiger partial charge in [-0.2, -0.15) is 5.10 Å². The summed E-state index contributed by atoms with van der Waals surface area (Å²) in [7, 11) is 4.06. The van der Waals surface area contributed by atoms with E-state index in [1.54, 1.807) is 0 Å². The molecule has 1 aliphatic carbocycles. The zero-order chi connectivity index (χ0) is 9.42. The minimum Gasteiger partial charge on any atom is -0.311 e. The third-order valence-corrected chi connectivity index (χ3v) is 3.11. The van der Waals surface area contributed by atoms with Gasteiger partial charge in [0.1, 0.15) is 0 Å². The van der Waals surface area contributed by atoms with Crippen LogP contribution in [0.25, 0.3) is 0 Å². The molecule has 2 rings (SSSR count). The summed E-state index contributed by atoms with van der Waals surface area (Å²) in [5.74, 6) is 0.716. The molecule has 0 bridgehead atoms. The van der Waals surface area contributed by atoms with Crippen molar-refractivity contribution in [3.05, 3.63) is 17.5 Å². The van der Waals surface area contributed by atoms with Gasteiger partial charge in [0.2, 0.25) is 0 Å². The van der Waals surface area contributed by atoms with Gasteiger partial charge in [-0.3, -0.25) is 4.68 Å². The van der Waals surface area contributed by atoms with Gasteiger partial charge in [0.05, 0.1) is 17.9 Å². The van der Waals surface area contributed by atoms with Gasteiger partial charge in [-0.15, -0.1) is 0 Å². The van der Waals surface area contributed by atoms with Crippen molar-refractivity contribution in [2.24, 2.45) is 13.0 Å². The van der Waals surface area contributed by atoms with Gasteiger partial charge in [-0.05, 0) is 31.4 Å². The van der Waals surface area contributed by atoms with Gasteiger partial charge in [0, 0.05) is 7.05 Å². The van der Waals surface area contributed by atoms with Crippen LogP contribution in [-0.4, -0.2) is 16.8 Å². The van der Waals surface area contributed by atoms with Crippen LogP contribution in [0, 0.1) is 5.92 Å². The Bertz CT molecular complexity index is 303. The summed E-state index contributed by atoms with van der Waals surface area (Å²) < 4.78 is 2.01. The molecule has 0 aromatic carbocycles. The van der Waals surface area contributed by atoms with Crippen molar-refractivity contribution in [3.8, 4) is 0 Å². The number of hydrogen-bond acceptors (Lipinski definition) is 2. The lowest BCUT2D eigenvalue weighted by Crippen LogP contribution is -2.30. The van der Waals surface area contributed by atoms with Gasteiger partial charge in [0.25, 0.3) is 0 Å². The number of aryl methyl sites for hydroxylation is 2. The van der Waals surface area contributed by atoms with Crippen LogP contribution in [0.4, 0.5) is 0 Å². The number of rotatable bonds is 1. The summed E-state index contributed by atoms with van der Waals surface area (Å²) in [6, 6.07) is 0.483. The van der Waals surface area contributed by atoms with E-state index in [4.69, 9.17) is 0 Å². The molecule has 2 atom stereocenters. The second-order valence-electron chi connectivity index (χ2n) is 3.96. The highest BCUT2D eigenvalue weighted by Crippen LogP contribution is 2.33. The second-order valence-corrected chi connectivity index (χ2v) is 3.96. The predicted molar refractivity (Wildman–Crippen MR) is 52.5 cm³/mol. The highest BCUT2D eigenvalue weighted by molar-refractivity contribution is 5.25. The van der Waals surface area contributed by atoms with Crippen molar-refractivity contribution in [3.63, 3.8) is 0 Å². The fourth-order valence-corrected chi connectivity index (χ4v) is 2.33. The van der Waals surface area contributed by atoms with Crippen molar-refractivity contribution in [2.45, 2.75) is 25.8 Å².